The Bertz CT molecular complexity index is 182. The lowest BCUT2D eigenvalue weighted by atomic mass is 10.3. The maximum Gasteiger partial charge on any atom is 0.224 e. The Labute approximate surface area is 79.7 Å². The molecule has 13 heavy (non-hydrogen) atoms. The highest BCUT2D eigenvalue weighted by atomic mass is 16.2. The molecule has 2 N–H and O–H groups in total. The zero-order valence-corrected chi connectivity index (χ0v) is 8.49. The first-order valence-corrected chi connectivity index (χ1v) is 4.77. The van der Waals surface area contributed by atoms with Crippen molar-refractivity contribution in [1.82, 2.24) is 9.80 Å². The Morgan fingerprint density at radius 1 is 1.62 bits per heavy atom. The van der Waals surface area contributed by atoms with E-state index in [1.807, 2.05) is 19.0 Å². The summed E-state index contributed by atoms with van der Waals surface area (Å²) in [5.74, 6) is 0.214. The maximum absolute atomic E-state index is 11.3. The van der Waals surface area contributed by atoms with Gasteiger partial charge in [0.1, 0.15) is 0 Å². The van der Waals surface area contributed by atoms with Crippen LogP contribution in [-0.4, -0.2) is 55.5 Å². The van der Waals surface area contributed by atoms with E-state index < -0.39 is 0 Å². The van der Waals surface area contributed by atoms with E-state index in [-0.39, 0.29) is 11.9 Å². The molecule has 0 bridgehead atoms. The van der Waals surface area contributed by atoms with Crippen LogP contribution in [-0.2, 0) is 4.79 Å². The summed E-state index contributed by atoms with van der Waals surface area (Å²) >= 11 is 0. The third kappa shape index (κ3) is 3.32. The van der Waals surface area contributed by atoms with Gasteiger partial charge in [0, 0.05) is 25.6 Å². The van der Waals surface area contributed by atoms with Gasteiger partial charge in [0.25, 0.3) is 0 Å². The molecule has 0 radical (unpaired) electrons. The van der Waals surface area contributed by atoms with Crippen LogP contribution in [0.1, 0.15) is 12.8 Å². The van der Waals surface area contributed by atoms with Crippen LogP contribution in [0.2, 0.25) is 0 Å². The Morgan fingerprint density at radius 2 is 2.31 bits per heavy atom. The first-order chi connectivity index (χ1) is 6.09. The van der Waals surface area contributed by atoms with Crippen molar-refractivity contribution in [2.24, 2.45) is 5.73 Å². The van der Waals surface area contributed by atoms with Crippen LogP contribution >= 0.6 is 0 Å². The Kier molecular flexibility index (Phi) is 3.69. The number of rotatable bonds is 4. The van der Waals surface area contributed by atoms with Crippen LogP contribution < -0.4 is 5.73 Å². The third-order valence-electron chi connectivity index (χ3n) is 2.28. The predicted molar refractivity (Wildman–Crippen MR) is 52.3 cm³/mol. The number of nitrogens with zero attached hydrogens (tertiary/aromatic N) is 2. The van der Waals surface area contributed by atoms with Crippen molar-refractivity contribution in [3.63, 3.8) is 0 Å². The van der Waals surface area contributed by atoms with Crippen LogP contribution in [0.25, 0.3) is 0 Å². The molecule has 4 nitrogen and oxygen atoms in total. The van der Waals surface area contributed by atoms with E-state index in [2.05, 4.69) is 4.90 Å². The molecule has 0 aliphatic carbocycles. The number of nitrogens with two attached hydrogens (primary N) is 1. The lowest BCUT2D eigenvalue weighted by Gasteiger charge is -2.17. The summed E-state index contributed by atoms with van der Waals surface area (Å²) < 4.78 is 0. The number of carbonyl (C=O) groups is 1. The molecular formula is C9H19N3O. The van der Waals surface area contributed by atoms with E-state index in [9.17, 15) is 4.79 Å². The van der Waals surface area contributed by atoms with Crippen molar-refractivity contribution < 1.29 is 4.79 Å². The van der Waals surface area contributed by atoms with E-state index in [0.29, 0.717) is 6.42 Å². The minimum atomic E-state index is 0.0619. The fourth-order valence-electron chi connectivity index (χ4n) is 1.60. The molecule has 0 aromatic carbocycles. The van der Waals surface area contributed by atoms with Crippen LogP contribution in [0.4, 0.5) is 0 Å². The topological polar surface area (TPSA) is 49.6 Å². The lowest BCUT2D eigenvalue weighted by molar-refractivity contribution is -0.127. The number of hydrogen-bond donors (Lipinski definition) is 1. The van der Waals surface area contributed by atoms with Gasteiger partial charge in [-0.05, 0) is 27.1 Å². The van der Waals surface area contributed by atoms with Gasteiger partial charge in [-0.3, -0.25) is 4.79 Å². The Hall–Kier alpha value is -0.610. The molecule has 1 rings (SSSR count). The standard InChI is InChI=1S/C9H19N3O/c1-11(2)4-3-5-12-7-8(10)6-9(12)13/h8H,3-7,10H2,1-2H3. The van der Waals surface area contributed by atoms with Crippen LogP contribution in [0.5, 0.6) is 0 Å². The molecule has 1 saturated heterocycles. The maximum atomic E-state index is 11.3. The summed E-state index contributed by atoms with van der Waals surface area (Å²) in [6, 6.07) is 0.0619. The van der Waals surface area contributed by atoms with Crippen LogP contribution in [0.3, 0.4) is 0 Å². The Balaban J connectivity index is 2.18. The molecule has 0 spiro atoms. The summed E-state index contributed by atoms with van der Waals surface area (Å²) in [6.07, 6.45) is 1.56. The van der Waals surface area contributed by atoms with Gasteiger partial charge in [-0.2, -0.15) is 0 Å². The smallest absolute Gasteiger partial charge is 0.224 e. The van der Waals surface area contributed by atoms with Crippen molar-refractivity contribution >= 4 is 5.91 Å². The van der Waals surface area contributed by atoms with Crippen molar-refractivity contribution in [1.29, 1.82) is 0 Å². The highest BCUT2D eigenvalue weighted by Crippen LogP contribution is 2.08. The molecule has 1 amide bonds. The van der Waals surface area contributed by atoms with E-state index >= 15 is 0 Å². The number of likely N-dealkylation sites (tertiary alicyclic amines) is 1. The van der Waals surface area contributed by atoms with Gasteiger partial charge in [0.05, 0.1) is 0 Å². The van der Waals surface area contributed by atoms with E-state index in [1.54, 1.807) is 0 Å². The summed E-state index contributed by atoms with van der Waals surface area (Å²) in [6.45, 7) is 2.62. The average molecular weight is 185 g/mol. The van der Waals surface area contributed by atoms with Gasteiger partial charge in [-0.25, -0.2) is 0 Å². The summed E-state index contributed by atoms with van der Waals surface area (Å²) in [5, 5.41) is 0. The normalized spacial score (nSPS) is 23.2. The first-order valence-electron chi connectivity index (χ1n) is 4.77. The quantitative estimate of drug-likeness (QED) is 0.642. The van der Waals surface area contributed by atoms with E-state index in [1.165, 1.54) is 0 Å². The molecule has 1 unspecified atom stereocenters. The highest BCUT2D eigenvalue weighted by Gasteiger charge is 2.25. The molecule has 1 aliphatic heterocycles. The molecule has 0 saturated carbocycles. The van der Waals surface area contributed by atoms with Gasteiger partial charge in [0.15, 0.2) is 0 Å². The monoisotopic (exact) mass is 185 g/mol. The van der Waals surface area contributed by atoms with Gasteiger partial charge < -0.3 is 15.5 Å². The van der Waals surface area contributed by atoms with E-state index in [4.69, 9.17) is 5.73 Å². The van der Waals surface area contributed by atoms with Gasteiger partial charge in [-0.1, -0.05) is 0 Å². The van der Waals surface area contributed by atoms with Crippen molar-refractivity contribution in [2.75, 3.05) is 33.7 Å². The zero-order chi connectivity index (χ0) is 9.84. The lowest BCUT2D eigenvalue weighted by Crippen LogP contribution is -2.30. The molecule has 1 atom stereocenters. The minimum absolute atomic E-state index is 0.0619. The summed E-state index contributed by atoms with van der Waals surface area (Å²) in [5.41, 5.74) is 5.67. The molecular weight excluding hydrogens is 166 g/mol. The molecule has 76 valence electrons. The zero-order valence-electron chi connectivity index (χ0n) is 8.49. The summed E-state index contributed by atoms with van der Waals surface area (Å²) in [7, 11) is 4.08. The number of carbonyl (C=O) groups excluding carboxylic acids is 1. The highest BCUT2D eigenvalue weighted by molar-refractivity contribution is 5.79. The minimum Gasteiger partial charge on any atom is -0.341 e. The first kappa shape index (κ1) is 10.5. The van der Waals surface area contributed by atoms with Gasteiger partial charge >= 0.3 is 0 Å². The molecule has 1 fully saturated rings. The second kappa shape index (κ2) is 4.58. The van der Waals surface area contributed by atoms with Gasteiger partial charge in [-0.15, -0.1) is 0 Å². The molecule has 4 heteroatoms. The molecule has 0 aromatic rings. The van der Waals surface area contributed by atoms with E-state index in [0.717, 1.165) is 26.1 Å². The Morgan fingerprint density at radius 3 is 2.77 bits per heavy atom. The summed E-state index contributed by atoms with van der Waals surface area (Å²) in [4.78, 5) is 15.3. The second-order valence-corrected chi connectivity index (χ2v) is 3.96. The van der Waals surface area contributed by atoms with Crippen LogP contribution in [0, 0.1) is 0 Å². The number of hydrogen-bond acceptors (Lipinski definition) is 3. The average Bonchev–Trinajstić information content (AvgIpc) is 2.29. The fraction of sp³-hybridized carbons (Fsp3) is 0.889. The molecule has 1 aliphatic rings. The largest absolute Gasteiger partial charge is 0.341 e. The van der Waals surface area contributed by atoms with Crippen molar-refractivity contribution in [3.8, 4) is 0 Å². The van der Waals surface area contributed by atoms with Crippen molar-refractivity contribution in [2.45, 2.75) is 18.9 Å². The van der Waals surface area contributed by atoms with Crippen molar-refractivity contribution in [3.05, 3.63) is 0 Å². The second-order valence-electron chi connectivity index (χ2n) is 3.96. The SMILES string of the molecule is CN(C)CCCN1CC(N)CC1=O. The molecule has 1 heterocycles. The predicted octanol–water partition coefficient (Wildman–Crippen LogP) is -0.502. The fourth-order valence-corrected chi connectivity index (χ4v) is 1.60. The van der Waals surface area contributed by atoms with Gasteiger partial charge in [0.2, 0.25) is 5.91 Å². The number of amides is 1. The van der Waals surface area contributed by atoms with Crippen LogP contribution in [0.15, 0.2) is 0 Å². The molecule has 0 aromatic heterocycles. The third-order valence-corrected chi connectivity index (χ3v) is 2.28.